The van der Waals surface area contributed by atoms with Crippen molar-refractivity contribution in [2.24, 2.45) is 0 Å². The fourth-order valence-corrected chi connectivity index (χ4v) is 2.87. The molecule has 1 heterocycles. The van der Waals surface area contributed by atoms with E-state index in [9.17, 15) is 14.7 Å². The van der Waals surface area contributed by atoms with Crippen LogP contribution in [-0.2, 0) is 14.3 Å². The van der Waals surface area contributed by atoms with Gasteiger partial charge in [-0.15, -0.1) is 0 Å². The predicted octanol–water partition coefficient (Wildman–Crippen LogP) is 3.84. The number of carbonyl (C=O) groups is 2. The third-order valence-electron chi connectivity index (χ3n) is 4.25. The number of esters is 1. The van der Waals surface area contributed by atoms with Gasteiger partial charge in [-0.1, -0.05) is 74.0 Å². The first kappa shape index (κ1) is 18.5. The maximum atomic E-state index is 12.8. The third kappa shape index (κ3) is 3.92. The maximum Gasteiger partial charge on any atom is 0.348 e. The molecule has 0 saturated carbocycles. The lowest BCUT2D eigenvalue weighted by molar-refractivity contribution is -0.131. The molecule has 5 nitrogen and oxygen atoms in total. The average Bonchev–Trinajstić information content (AvgIpc) is 2.98. The molecule has 2 aromatic rings. The molecule has 0 saturated heterocycles. The van der Waals surface area contributed by atoms with Gasteiger partial charge in [0.15, 0.2) is 11.5 Å². The largest absolute Gasteiger partial charge is 0.504 e. The highest BCUT2D eigenvalue weighted by Crippen LogP contribution is 2.36. The Bertz CT molecular complexity index is 898. The quantitative estimate of drug-likeness (QED) is 0.464. The Morgan fingerprint density at radius 1 is 1.04 bits per heavy atom. The standard InChI is InChI=1S/C22H21NO4/c1-2-3-14-23-21(25)18(16-12-8-5-9-13-16)20-19(24)17(22(26)27-20)15-10-6-4-7-11-15/h4-13,24H,2-3,14H2,1H3,(H,23,25). The van der Waals surface area contributed by atoms with Crippen molar-refractivity contribution in [1.82, 2.24) is 5.32 Å². The van der Waals surface area contributed by atoms with E-state index in [-0.39, 0.29) is 22.7 Å². The number of nitrogens with one attached hydrogen (secondary N) is 1. The molecule has 0 bridgehead atoms. The van der Waals surface area contributed by atoms with Crippen molar-refractivity contribution in [2.45, 2.75) is 19.8 Å². The monoisotopic (exact) mass is 363 g/mol. The summed E-state index contributed by atoms with van der Waals surface area (Å²) in [7, 11) is 0. The minimum atomic E-state index is -0.677. The topological polar surface area (TPSA) is 75.6 Å². The molecule has 2 N–H and O–H groups in total. The molecule has 0 atom stereocenters. The van der Waals surface area contributed by atoms with E-state index in [1.54, 1.807) is 48.5 Å². The molecule has 27 heavy (non-hydrogen) atoms. The van der Waals surface area contributed by atoms with Crippen LogP contribution in [0.1, 0.15) is 30.9 Å². The summed E-state index contributed by atoms with van der Waals surface area (Å²) in [6.07, 6.45) is 1.77. The zero-order valence-electron chi connectivity index (χ0n) is 15.1. The average molecular weight is 363 g/mol. The van der Waals surface area contributed by atoms with Gasteiger partial charge in [-0.05, 0) is 17.5 Å². The van der Waals surface area contributed by atoms with Gasteiger partial charge in [0, 0.05) is 6.54 Å². The second-order valence-electron chi connectivity index (χ2n) is 6.16. The molecule has 1 aliphatic heterocycles. The molecule has 1 aliphatic rings. The van der Waals surface area contributed by atoms with Gasteiger partial charge in [0.2, 0.25) is 0 Å². The van der Waals surface area contributed by atoms with Crippen LogP contribution in [0, 0.1) is 0 Å². The zero-order chi connectivity index (χ0) is 19.2. The van der Waals surface area contributed by atoms with Crippen LogP contribution in [0.15, 0.2) is 72.2 Å². The lowest BCUT2D eigenvalue weighted by Crippen LogP contribution is -2.26. The second-order valence-corrected chi connectivity index (χ2v) is 6.16. The molecular formula is C22H21NO4. The summed E-state index contributed by atoms with van der Waals surface area (Å²) in [6, 6.07) is 17.6. The molecule has 0 aliphatic carbocycles. The molecule has 0 aromatic heterocycles. The summed E-state index contributed by atoms with van der Waals surface area (Å²) in [5.74, 6) is -1.50. The van der Waals surface area contributed by atoms with Crippen molar-refractivity contribution < 1.29 is 19.4 Å². The number of carbonyl (C=O) groups excluding carboxylic acids is 2. The van der Waals surface area contributed by atoms with Crippen LogP contribution in [0.3, 0.4) is 0 Å². The Morgan fingerprint density at radius 3 is 2.30 bits per heavy atom. The van der Waals surface area contributed by atoms with Gasteiger partial charge >= 0.3 is 5.97 Å². The van der Waals surface area contributed by atoms with Gasteiger partial charge in [0.05, 0.1) is 5.57 Å². The van der Waals surface area contributed by atoms with Crippen LogP contribution < -0.4 is 5.32 Å². The van der Waals surface area contributed by atoms with Crippen LogP contribution in [0.5, 0.6) is 0 Å². The molecule has 2 aromatic carbocycles. The van der Waals surface area contributed by atoms with Gasteiger partial charge in [-0.3, -0.25) is 4.79 Å². The fraction of sp³-hybridized carbons (Fsp3) is 0.182. The number of benzene rings is 2. The van der Waals surface area contributed by atoms with Gasteiger partial charge in [0.1, 0.15) is 5.57 Å². The van der Waals surface area contributed by atoms with E-state index in [1.165, 1.54) is 0 Å². The molecule has 3 rings (SSSR count). The molecule has 138 valence electrons. The van der Waals surface area contributed by atoms with E-state index in [0.717, 1.165) is 12.8 Å². The van der Waals surface area contributed by atoms with Crippen molar-refractivity contribution in [3.63, 3.8) is 0 Å². The minimum Gasteiger partial charge on any atom is -0.504 e. The first-order valence-corrected chi connectivity index (χ1v) is 8.92. The number of aliphatic hydroxyl groups is 1. The van der Waals surface area contributed by atoms with Crippen molar-refractivity contribution in [2.75, 3.05) is 6.54 Å². The van der Waals surface area contributed by atoms with Gasteiger partial charge in [-0.25, -0.2) is 4.79 Å². The van der Waals surface area contributed by atoms with E-state index < -0.39 is 11.9 Å². The van der Waals surface area contributed by atoms with E-state index in [1.807, 2.05) is 19.1 Å². The van der Waals surface area contributed by atoms with Crippen molar-refractivity contribution in [3.05, 3.63) is 83.3 Å². The van der Waals surface area contributed by atoms with E-state index in [4.69, 9.17) is 4.74 Å². The Morgan fingerprint density at radius 2 is 1.67 bits per heavy atom. The third-order valence-corrected chi connectivity index (χ3v) is 4.25. The van der Waals surface area contributed by atoms with Crippen molar-refractivity contribution >= 4 is 23.0 Å². The normalized spacial score (nSPS) is 15.5. The number of unbranched alkanes of at least 4 members (excludes halogenated alkanes) is 1. The number of rotatable bonds is 6. The summed E-state index contributed by atoms with van der Waals surface area (Å²) >= 11 is 0. The van der Waals surface area contributed by atoms with Crippen LogP contribution in [0.25, 0.3) is 11.1 Å². The van der Waals surface area contributed by atoms with Gasteiger partial charge < -0.3 is 15.2 Å². The molecule has 1 amide bonds. The number of hydrogen-bond donors (Lipinski definition) is 2. The minimum absolute atomic E-state index is 0.0559. The zero-order valence-corrected chi connectivity index (χ0v) is 15.1. The van der Waals surface area contributed by atoms with E-state index >= 15 is 0 Å². The summed E-state index contributed by atoms with van der Waals surface area (Å²) < 4.78 is 5.34. The highest BCUT2D eigenvalue weighted by molar-refractivity contribution is 6.26. The highest BCUT2D eigenvalue weighted by atomic mass is 16.6. The number of hydrogen-bond acceptors (Lipinski definition) is 4. The highest BCUT2D eigenvalue weighted by Gasteiger charge is 2.35. The summed E-state index contributed by atoms with van der Waals surface area (Å²) in [5.41, 5.74) is 1.30. The Labute approximate surface area is 158 Å². The number of amides is 1. The Hall–Kier alpha value is -3.34. The summed E-state index contributed by atoms with van der Waals surface area (Å²) in [5, 5.41) is 13.5. The number of ether oxygens (including phenoxy) is 1. The first-order chi connectivity index (χ1) is 13.1. The van der Waals surface area contributed by atoms with Crippen LogP contribution in [-0.4, -0.2) is 23.5 Å². The molecule has 0 radical (unpaired) electrons. The molecule has 0 fully saturated rings. The molecular weight excluding hydrogens is 342 g/mol. The van der Waals surface area contributed by atoms with Crippen molar-refractivity contribution in [3.8, 4) is 0 Å². The van der Waals surface area contributed by atoms with Gasteiger partial charge in [0.25, 0.3) is 5.91 Å². The first-order valence-electron chi connectivity index (χ1n) is 8.92. The molecule has 0 unspecified atom stereocenters. The van der Waals surface area contributed by atoms with Gasteiger partial charge in [-0.2, -0.15) is 0 Å². The fourth-order valence-electron chi connectivity index (χ4n) is 2.87. The summed E-state index contributed by atoms with van der Waals surface area (Å²) in [6.45, 7) is 2.53. The smallest absolute Gasteiger partial charge is 0.348 e. The number of aliphatic hydroxyl groups excluding tert-OH is 1. The second kappa shape index (κ2) is 8.36. The SMILES string of the molecule is CCCCNC(=O)C(=C1OC(=O)C(c2ccccc2)=C1O)c1ccccc1. The maximum absolute atomic E-state index is 12.8. The Balaban J connectivity index is 2.10. The van der Waals surface area contributed by atoms with Crippen LogP contribution in [0.4, 0.5) is 0 Å². The lowest BCUT2D eigenvalue weighted by Gasteiger charge is -2.11. The molecule has 5 heteroatoms. The molecule has 0 spiro atoms. The van der Waals surface area contributed by atoms with E-state index in [2.05, 4.69) is 5.32 Å². The van der Waals surface area contributed by atoms with Crippen LogP contribution in [0.2, 0.25) is 0 Å². The van der Waals surface area contributed by atoms with Crippen molar-refractivity contribution in [1.29, 1.82) is 0 Å². The van der Waals surface area contributed by atoms with Crippen LogP contribution >= 0.6 is 0 Å². The predicted molar refractivity (Wildman–Crippen MR) is 103 cm³/mol. The number of cyclic esters (lactones) is 1. The van der Waals surface area contributed by atoms with E-state index in [0.29, 0.717) is 17.7 Å². The lowest BCUT2D eigenvalue weighted by atomic mass is 10.0. The Kier molecular flexibility index (Phi) is 5.71. The summed E-state index contributed by atoms with van der Waals surface area (Å²) in [4.78, 5) is 25.2.